The zero-order valence-electron chi connectivity index (χ0n) is 16.8. The number of benzene rings is 3. The number of nitrogens with one attached hydrogen (secondary N) is 1. The van der Waals surface area contributed by atoms with Crippen molar-refractivity contribution in [2.45, 2.75) is 37.3 Å². The van der Waals surface area contributed by atoms with Gasteiger partial charge in [-0.05, 0) is 53.9 Å². The first-order valence-electron chi connectivity index (χ1n) is 9.54. The zero-order valence-corrected chi connectivity index (χ0v) is 17.6. The third-order valence-electron chi connectivity index (χ3n) is 4.83. The van der Waals surface area contributed by atoms with Crippen LogP contribution in [0.15, 0.2) is 71.6 Å². The van der Waals surface area contributed by atoms with Crippen molar-refractivity contribution in [3.8, 4) is 5.75 Å². The Kier molecular flexibility index (Phi) is 6.23. The van der Waals surface area contributed by atoms with Gasteiger partial charge in [0.2, 0.25) is 0 Å². The molecule has 152 valence electrons. The van der Waals surface area contributed by atoms with Crippen molar-refractivity contribution in [2.24, 2.45) is 0 Å². The predicted octanol–water partition coefficient (Wildman–Crippen LogP) is 4.28. The maximum Gasteiger partial charge on any atom is 0.261 e. The van der Waals surface area contributed by atoms with Crippen molar-refractivity contribution in [2.75, 3.05) is 6.26 Å². The van der Waals surface area contributed by atoms with Crippen LogP contribution in [0.4, 0.5) is 0 Å². The van der Waals surface area contributed by atoms with E-state index in [9.17, 15) is 13.2 Å². The van der Waals surface area contributed by atoms with Crippen molar-refractivity contribution in [1.82, 2.24) is 5.32 Å². The van der Waals surface area contributed by atoms with Crippen molar-refractivity contribution in [3.05, 3.63) is 72.3 Å². The fraction of sp³-hybridized carbons (Fsp3) is 0.261. The third-order valence-corrected chi connectivity index (χ3v) is 5.96. The summed E-state index contributed by atoms with van der Waals surface area (Å²) >= 11 is 0. The minimum Gasteiger partial charge on any atom is -0.481 e. The molecule has 0 spiro atoms. The summed E-state index contributed by atoms with van der Waals surface area (Å²) in [5.74, 6) is 0.441. The van der Waals surface area contributed by atoms with Gasteiger partial charge in [-0.3, -0.25) is 4.79 Å². The molecule has 0 aromatic heterocycles. The van der Waals surface area contributed by atoms with Gasteiger partial charge in [0.05, 0.1) is 10.9 Å². The van der Waals surface area contributed by atoms with Crippen LogP contribution in [-0.2, 0) is 14.6 Å². The van der Waals surface area contributed by atoms with Crippen molar-refractivity contribution < 1.29 is 17.9 Å². The molecule has 29 heavy (non-hydrogen) atoms. The standard InChI is InChI=1S/C23H25NO4S/c1-4-22(28-20-12-9-18-7-5-6-8-19(18)15-20)23(25)24-16(2)17-10-13-21(14-11-17)29(3,26)27/h5-16,22H,4H2,1-3H3,(H,24,25)/t16-,22-/m1/s1. The molecule has 0 aliphatic carbocycles. The molecule has 1 amide bonds. The summed E-state index contributed by atoms with van der Waals surface area (Å²) in [5.41, 5.74) is 0.825. The Morgan fingerprint density at radius 2 is 1.66 bits per heavy atom. The molecule has 1 N–H and O–H groups in total. The van der Waals surface area contributed by atoms with E-state index in [0.717, 1.165) is 16.3 Å². The second-order valence-electron chi connectivity index (χ2n) is 7.10. The van der Waals surface area contributed by atoms with E-state index in [1.54, 1.807) is 24.3 Å². The average molecular weight is 412 g/mol. The summed E-state index contributed by atoms with van der Waals surface area (Å²) in [5, 5.41) is 5.12. The molecule has 0 heterocycles. The van der Waals surface area contributed by atoms with Gasteiger partial charge in [0.15, 0.2) is 15.9 Å². The number of carbonyl (C=O) groups excluding carboxylic acids is 1. The van der Waals surface area contributed by atoms with Crippen LogP contribution in [0.25, 0.3) is 10.8 Å². The van der Waals surface area contributed by atoms with Gasteiger partial charge < -0.3 is 10.1 Å². The van der Waals surface area contributed by atoms with E-state index in [0.29, 0.717) is 12.2 Å². The SMILES string of the molecule is CC[C@@H](Oc1ccc2ccccc2c1)C(=O)N[C@H](C)c1ccc(S(C)(=O)=O)cc1. The molecular weight excluding hydrogens is 386 g/mol. The summed E-state index contributed by atoms with van der Waals surface area (Å²) in [6.07, 6.45) is 1.08. The minimum absolute atomic E-state index is 0.208. The zero-order chi connectivity index (χ0) is 21.0. The number of carbonyl (C=O) groups is 1. The Hall–Kier alpha value is -2.86. The first kappa shape index (κ1) is 20.9. The molecule has 5 nitrogen and oxygen atoms in total. The van der Waals surface area contributed by atoms with Crippen LogP contribution >= 0.6 is 0 Å². The molecule has 0 radical (unpaired) electrons. The van der Waals surface area contributed by atoms with Crippen LogP contribution in [0.1, 0.15) is 31.9 Å². The highest BCUT2D eigenvalue weighted by Crippen LogP contribution is 2.22. The molecule has 6 heteroatoms. The van der Waals surface area contributed by atoms with Gasteiger partial charge >= 0.3 is 0 Å². The Morgan fingerprint density at radius 3 is 2.28 bits per heavy atom. The maximum atomic E-state index is 12.7. The van der Waals surface area contributed by atoms with Gasteiger partial charge in [-0.2, -0.15) is 0 Å². The molecule has 2 atom stereocenters. The van der Waals surface area contributed by atoms with E-state index >= 15 is 0 Å². The summed E-state index contributed by atoms with van der Waals surface area (Å²) in [6, 6.07) is 20.0. The highest BCUT2D eigenvalue weighted by Gasteiger charge is 2.21. The van der Waals surface area contributed by atoms with Crippen LogP contribution in [0.3, 0.4) is 0 Å². The van der Waals surface area contributed by atoms with Gasteiger partial charge in [-0.15, -0.1) is 0 Å². The van der Waals surface area contributed by atoms with Crippen LogP contribution < -0.4 is 10.1 Å². The number of sulfone groups is 1. The van der Waals surface area contributed by atoms with E-state index in [4.69, 9.17) is 4.74 Å². The second kappa shape index (κ2) is 8.66. The lowest BCUT2D eigenvalue weighted by molar-refractivity contribution is -0.128. The predicted molar refractivity (Wildman–Crippen MR) is 115 cm³/mol. The van der Waals surface area contributed by atoms with E-state index in [1.165, 1.54) is 6.26 Å². The fourth-order valence-electron chi connectivity index (χ4n) is 3.12. The lowest BCUT2D eigenvalue weighted by Crippen LogP contribution is -2.39. The molecular formula is C23H25NO4S. The molecule has 3 aromatic rings. The van der Waals surface area contributed by atoms with Crippen LogP contribution in [0.2, 0.25) is 0 Å². The highest BCUT2D eigenvalue weighted by molar-refractivity contribution is 7.90. The first-order chi connectivity index (χ1) is 13.8. The minimum atomic E-state index is -3.24. The van der Waals surface area contributed by atoms with Gasteiger partial charge in [-0.25, -0.2) is 8.42 Å². The summed E-state index contributed by atoms with van der Waals surface area (Å²) in [6.45, 7) is 3.76. The molecule has 0 saturated heterocycles. The number of hydrogen-bond acceptors (Lipinski definition) is 4. The maximum absolute atomic E-state index is 12.7. The summed E-state index contributed by atoms with van der Waals surface area (Å²) in [4.78, 5) is 13.0. The Balaban J connectivity index is 1.68. The first-order valence-corrected chi connectivity index (χ1v) is 11.4. The van der Waals surface area contributed by atoms with Gasteiger partial charge in [-0.1, -0.05) is 49.4 Å². The lowest BCUT2D eigenvalue weighted by Gasteiger charge is -2.21. The lowest BCUT2D eigenvalue weighted by atomic mass is 10.1. The van der Waals surface area contributed by atoms with Crippen LogP contribution in [0, 0.1) is 0 Å². The molecule has 3 aromatic carbocycles. The van der Waals surface area contributed by atoms with Crippen molar-refractivity contribution >= 4 is 26.5 Å². The fourth-order valence-corrected chi connectivity index (χ4v) is 3.75. The van der Waals surface area contributed by atoms with Crippen molar-refractivity contribution in [3.63, 3.8) is 0 Å². The number of fused-ring (bicyclic) bond motifs is 1. The van der Waals surface area contributed by atoms with Crippen LogP contribution in [0.5, 0.6) is 5.75 Å². The molecule has 3 rings (SSSR count). The molecule has 0 fully saturated rings. The Labute approximate surface area is 171 Å². The molecule has 0 bridgehead atoms. The quantitative estimate of drug-likeness (QED) is 0.630. The number of ether oxygens (including phenoxy) is 1. The third kappa shape index (κ3) is 5.15. The van der Waals surface area contributed by atoms with Crippen molar-refractivity contribution in [1.29, 1.82) is 0 Å². The highest BCUT2D eigenvalue weighted by atomic mass is 32.2. The Bertz CT molecular complexity index is 1110. The smallest absolute Gasteiger partial charge is 0.261 e. The topological polar surface area (TPSA) is 72.5 Å². The molecule has 0 saturated carbocycles. The molecule has 0 aliphatic heterocycles. The monoisotopic (exact) mass is 411 g/mol. The second-order valence-corrected chi connectivity index (χ2v) is 9.11. The van der Waals surface area contributed by atoms with Gasteiger partial charge in [0.25, 0.3) is 5.91 Å². The van der Waals surface area contributed by atoms with E-state index in [2.05, 4.69) is 5.32 Å². The molecule has 0 unspecified atom stereocenters. The Morgan fingerprint density at radius 1 is 1.00 bits per heavy atom. The summed E-state index contributed by atoms with van der Waals surface area (Å²) in [7, 11) is -3.24. The van der Waals surface area contributed by atoms with Gasteiger partial charge in [0.1, 0.15) is 5.75 Å². The number of amides is 1. The van der Waals surface area contributed by atoms with E-state index in [1.807, 2.05) is 56.3 Å². The van der Waals surface area contributed by atoms with E-state index in [-0.39, 0.29) is 16.8 Å². The average Bonchev–Trinajstić information content (AvgIpc) is 2.71. The largest absolute Gasteiger partial charge is 0.481 e. The summed E-state index contributed by atoms with van der Waals surface area (Å²) < 4.78 is 29.1. The van der Waals surface area contributed by atoms with E-state index < -0.39 is 15.9 Å². The van der Waals surface area contributed by atoms with Crippen LogP contribution in [-0.4, -0.2) is 26.7 Å². The number of rotatable bonds is 7. The molecule has 0 aliphatic rings. The normalized spacial score (nSPS) is 13.6. The number of hydrogen-bond donors (Lipinski definition) is 1. The van der Waals surface area contributed by atoms with Gasteiger partial charge in [0, 0.05) is 6.26 Å².